The Bertz CT molecular complexity index is 939. The molecule has 0 saturated heterocycles. The fourth-order valence-corrected chi connectivity index (χ4v) is 3.13. The number of benzene rings is 2. The average Bonchev–Trinajstić information content (AvgIpc) is 3.02. The maximum Gasteiger partial charge on any atom is 0.220 e. The van der Waals surface area contributed by atoms with Crippen LogP contribution in [0.3, 0.4) is 0 Å². The minimum absolute atomic E-state index is 0.0620. The number of rotatable bonds is 6. The number of amides is 1. The summed E-state index contributed by atoms with van der Waals surface area (Å²) in [4.78, 5) is 12.3. The SMILES string of the molecule is Cc1ccc(-c2nn(C)cc2CCC(=O)NCc2ccc(C)c(C)c2)cc1. The molecule has 0 radical (unpaired) electrons. The van der Waals surface area contributed by atoms with E-state index in [0.717, 1.165) is 22.4 Å². The van der Waals surface area contributed by atoms with Crippen LogP contribution in [0.25, 0.3) is 11.3 Å². The number of carbonyl (C=O) groups excluding carboxylic acids is 1. The summed E-state index contributed by atoms with van der Waals surface area (Å²) in [7, 11) is 1.92. The Morgan fingerprint density at radius 2 is 1.78 bits per heavy atom. The molecule has 4 heteroatoms. The lowest BCUT2D eigenvalue weighted by molar-refractivity contribution is -0.121. The highest BCUT2D eigenvalue weighted by Gasteiger charge is 2.12. The zero-order valence-corrected chi connectivity index (χ0v) is 16.5. The number of aromatic nitrogens is 2. The lowest BCUT2D eigenvalue weighted by Gasteiger charge is -2.08. The van der Waals surface area contributed by atoms with Crippen molar-refractivity contribution in [3.63, 3.8) is 0 Å². The van der Waals surface area contributed by atoms with Crippen LogP contribution in [0.5, 0.6) is 0 Å². The number of carbonyl (C=O) groups is 1. The molecule has 0 bridgehead atoms. The molecule has 27 heavy (non-hydrogen) atoms. The van der Waals surface area contributed by atoms with Crippen molar-refractivity contribution in [3.8, 4) is 11.3 Å². The molecule has 2 aromatic carbocycles. The van der Waals surface area contributed by atoms with Crippen molar-refractivity contribution < 1.29 is 4.79 Å². The van der Waals surface area contributed by atoms with Gasteiger partial charge in [-0.15, -0.1) is 0 Å². The van der Waals surface area contributed by atoms with E-state index in [0.29, 0.717) is 19.4 Å². The van der Waals surface area contributed by atoms with E-state index < -0.39 is 0 Å². The van der Waals surface area contributed by atoms with Crippen molar-refractivity contribution in [2.75, 3.05) is 0 Å². The number of hydrogen-bond acceptors (Lipinski definition) is 2. The van der Waals surface area contributed by atoms with Crippen molar-refractivity contribution >= 4 is 5.91 Å². The molecule has 140 valence electrons. The van der Waals surface area contributed by atoms with Crippen LogP contribution in [0.2, 0.25) is 0 Å². The number of nitrogens with zero attached hydrogens (tertiary/aromatic N) is 2. The fraction of sp³-hybridized carbons (Fsp3) is 0.304. The topological polar surface area (TPSA) is 46.9 Å². The smallest absolute Gasteiger partial charge is 0.220 e. The first-order valence-electron chi connectivity index (χ1n) is 9.35. The van der Waals surface area contributed by atoms with E-state index in [2.05, 4.69) is 73.7 Å². The van der Waals surface area contributed by atoms with E-state index in [1.165, 1.54) is 16.7 Å². The number of hydrogen-bond donors (Lipinski definition) is 1. The van der Waals surface area contributed by atoms with Crippen molar-refractivity contribution in [2.24, 2.45) is 7.05 Å². The maximum atomic E-state index is 12.3. The molecule has 1 aromatic heterocycles. The Kier molecular flexibility index (Phi) is 5.75. The van der Waals surface area contributed by atoms with Gasteiger partial charge in [-0.2, -0.15) is 5.10 Å². The van der Waals surface area contributed by atoms with Gasteiger partial charge < -0.3 is 5.32 Å². The van der Waals surface area contributed by atoms with E-state index in [9.17, 15) is 4.79 Å². The first-order valence-corrected chi connectivity index (χ1v) is 9.35. The van der Waals surface area contributed by atoms with Gasteiger partial charge >= 0.3 is 0 Å². The van der Waals surface area contributed by atoms with Crippen LogP contribution in [-0.4, -0.2) is 15.7 Å². The second kappa shape index (κ2) is 8.21. The summed E-state index contributed by atoms with van der Waals surface area (Å²) in [5.74, 6) is 0.0620. The largest absolute Gasteiger partial charge is 0.352 e. The molecule has 0 aliphatic rings. The van der Waals surface area contributed by atoms with Crippen LogP contribution in [0.15, 0.2) is 48.7 Å². The van der Waals surface area contributed by atoms with E-state index in [-0.39, 0.29) is 5.91 Å². The third kappa shape index (κ3) is 4.85. The monoisotopic (exact) mass is 361 g/mol. The molecular formula is C23H27N3O. The summed E-state index contributed by atoms with van der Waals surface area (Å²) in [5.41, 5.74) is 8.02. The lowest BCUT2D eigenvalue weighted by atomic mass is 10.0. The molecule has 3 aromatic rings. The summed E-state index contributed by atoms with van der Waals surface area (Å²) in [6.45, 7) is 6.83. The van der Waals surface area contributed by atoms with Gasteiger partial charge in [-0.05, 0) is 49.4 Å². The van der Waals surface area contributed by atoms with Gasteiger partial charge in [0.25, 0.3) is 0 Å². The van der Waals surface area contributed by atoms with Crippen LogP contribution in [-0.2, 0) is 24.8 Å². The van der Waals surface area contributed by atoms with E-state index in [1.807, 2.05) is 17.9 Å². The van der Waals surface area contributed by atoms with Crippen LogP contribution in [0.1, 0.15) is 34.2 Å². The Hall–Kier alpha value is -2.88. The van der Waals surface area contributed by atoms with Crippen LogP contribution in [0, 0.1) is 20.8 Å². The predicted octanol–water partition coefficient (Wildman–Crippen LogP) is 4.26. The fourth-order valence-electron chi connectivity index (χ4n) is 3.13. The molecule has 1 N–H and O–H groups in total. The van der Waals surface area contributed by atoms with Crippen LogP contribution >= 0.6 is 0 Å². The minimum Gasteiger partial charge on any atom is -0.352 e. The first kappa shape index (κ1) is 18.9. The van der Waals surface area contributed by atoms with E-state index in [4.69, 9.17) is 0 Å². The zero-order valence-electron chi connectivity index (χ0n) is 16.5. The van der Waals surface area contributed by atoms with Crippen molar-refractivity contribution in [2.45, 2.75) is 40.2 Å². The average molecular weight is 361 g/mol. The molecule has 0 aliphatic carbocycles. The normalized spacial score (nSPS) is 10.8. The molecule has 0 fully saturated rings. The van der Waals surface area contributed by atoms with Crippen molar-refractivity contribution in [3.05, 3.63) is 76.5 Å². The molecule has 1 amide bonds. The second-order valence-electron chi connectivity index (χ2n) is 7.24. The van der Waals surface area contributed by atoms with Crippen molar-refractivity contribution in [1.82, 2.24) is 15.1 Å². The lowest BCUT2D eigenvalue weighted by Crippen LogP contribution is -2.23. The van der Waals surface area contributed by atoms with Gasteiger partial charge in [0.15, 0.2) is 0 Å². The molecule has 1 heterocycles. The molecular weight excluding hydrogens is 334 g/mol. The second-order valence-corrected chi connectivity index (χ2v) is 7.24. The minimum atomic E-state index is 0.0620. The standard InChI is InChI=1S/C23H27N3O/c1-16-5-9-20(10-6-16)23-21(15-26(4)25-23)11-12-22(27)24-14-19-8-7-17(2)18(3)13-19/h5-10,13,15H,11-12,14H2,1-4H3,(H,24,27). The van der Waals surface area contributed by atoms with Crippen molar-refractivity contribution in [1.29, 1.82) is 0 Å². The molecule has 0 unspecified atom stereocenters. The Labute approximate surface area is 161 Å². The first-order chi connectivity index (χ1) is 12.9. The molecule has 4 nitrogen and oxygen atoms in total. The summed E-state index contributed by atoms with van der Waals surface area (Å²) in [5, 5.41) is 7.61. The summed E-state index contributed by atoms with van der Waals surface area (Å²) < 4.78 is 1.82. The Morgan fingerprint density at radius 3 is 2.48 bits per heavy atom. The molecule has 0 spiro atoms. The molecule has 0 atom stereocenters. The maximum absolute atomic E-state index is 12.3. The highest BCUT2D eigenvalue weighted by atomic mass is 16.1. The Morgan fingerprint density at radius 1 is 1.04 bits per heavy atom. The Balaban J connectivity index is 1.60. The van der Waals surface area contributed by atoms with Gasteiger partial charge in [0.05, 0.1) is 5.69 Å². The quantitative estimate of drug-likeness (QED) is 0.713. The van der Waals surface area contributed by atoms with E-state index >= 15 is 0 Å². The number of aryl methyl sites for hydroxylation is 5. The van der Waals surface area contributed by atoms with Gasteiger partial charge in [-0.1, -0.05) is 48.0 Å². The molecule has 0 aliphatic heterocycles. The third-order valence-corrected chi connectivity index (χ3v) is 4.91. The van der Waals surface area contributed by atoms with Gasteiger partial charge in [-0.3, -0.25) is 9.48 Å². The zero-order chi connectivity index (χ0) is 19.4. The van der Waals surface area contributed by atoms with Gasteiger partial charge in [0, 0.05) is 31.8 Å². The van der Waals surface area contributed by atoms with Gasteiger partial charge in [0.2, 0.25) is 5.91 Å². The number of nitrogens with one attached hydrogen (secondary N) is 1. The third-order valence-electron chi connectivity index (χ3n) is 4.91. The van der Waals surface area contributed by atoms with Gasteiger partial charge in [-0.25, -0.2) is 0 Å². The van der Waals surface area contributed by atoms with Crippen LogP contribution < -0.4 is 5.32 Å². The molecule has 3 rings (SSSR count). The van der Waals surface area contributed by atoms with Crippen LogP contribution in [0.4, 0.5) is 0 Å². The highest BCUT2D eigenvalue weighted by Crippen LogP contribution is 2.23. The summed E-state index contributed by atoms with van der Waals surface area (Å²) >= 11 is 0. The highest BCUT2D eigenvalue weighted by molar-refractivity contribution is 5.76. The van der Waals surface area contributed by atoms with E-state index in [1.54, 1.807) is 0 Å². The summed E-state index contributed by atoms with van der Waals surface area (Å²) in [6.07, 6.45) is 3.14. The predicted molar refractivity (Wildman–Crippen MR) is 109 cm³/mol. The van der Waals surface area contributed by atoms with Gasteiger partial charge in [0.1, 0.15) is 0 Å². The molecule has 0 saturated carbocycles. The summed E-state index contributed by atoms with van der Waals surface area (Å²) in [6, 6.07) is 14.6.